The summed E-state index contributed by atoms with van der Waals surface area (Å²) in [6.45, 7) is 6.14. The van der Waals surface area contributed by atoms with Crippen LogP contribution in [0.3, 0.4) is 0 Å². The van der Waals surface area contributed by atoms with E-state index in [1.165, 1.54) is 51.9 Å². The summed E-state index contributed by atoms with van der Waals surface area (Å²) < 4.78 is 5.40. The lowest BCUT2D eigenvalue weighted by Gasteiger charge is -2.59. The molecule has 3 heteroatoms. The van der Waals surface area contributed by atoms with Crippen LogP contribution in [0, 0.1) is 34.5 Å². The van der Waals surface area contributed by atoms with Crippen LogP contribution in [-0.4, -0.2) is 17.9 Å². The molecule has 0 aromatic heterocycles. The molecule has 134 valence electrons. The predicted octanol–water partition coefficient (Wildman–Crippen LogP) is 4.53. The molecule has 4 aliphatic carbocycles. The van der Waals surface area contributed by atoms with Gasteiger partial charge in [-0.3, -0.25) is 9.59 Å². The molecule has 4 rings (SSSR count). The summed E-state index contributed by atoms with van der Waals surface area (Å²) in [5.74, 6) is 2.66. The molecule has 3 nitrogen and oxygen atoms in total. The molecule has 4 fully saturated rings. The Morgan fingerprint density at radius 2 is 1.83 bits per heavy atom. The predicted molar refractivity (Wildman–Crippen MR) is 92.3 cm³/mol. The first-order valence-electron chi connectivity index (χ1n) is 10.1. The van der Waals surface area contributed by atoms with Crippen LogP contribution in [0.25, 0.3) is 0 Å². The van der Waals surface area contributed by atoms with Crippen molar-refractivity contribution in [2.24, 2.45) is 34.5 Å². The zero-order valence-corrected chi connectivity index (χ0v) is 15.5. The van der Waals surface area contributed by atoms with Crippen molar-refractivity contribution in [3.63, 3.8) is 0 Å². The van der Waals surface area contributed by atoms with Crippen LogP contribution in [0.4, 0.5) is 0 Å². The highest BCUT2D eigenvalue weighted by Crippen LogP contribution is 2.65. The van der Waals surface area contributed by atoms with E-state index in [2.05, 4.69) is 13.8 Å². The molecule has 0 aromatic rings. The molecule has 0 aliphatic heterocycles. The van der Waals surface area contributed by atoms with E-state index in [4.69, 9.17) is 4.74 Å². The van der Waals surface area contributed by atoms with Gasteiger partial charge in [0.2, 0.25) is 0 Å². The van der Waals surface area contributed by atoms with E-state index >= 15 is 0 Å². The molecule has 0 saturated heterocycles. The van der Waals surface area contributed by atoms with E-state index in [1.54, 1.807) is 0 Å². The molecule has 7 atom stereocenters. The second-order valence-electron chi connectivity index (χ2n) is 9.56. The number of ketones is 1. The lowest BCUT2D eigenvalue weighted by molar-refractivity contribution is -0.154. The minimum absolute atomic E-state index is 0.206. The SMILES string of the molecule is CC(=O)O[C@@H]1C[C@@H]2[C@@H]3CC[C@H]4CCCC[C@]4(C)[C@H]3CC[C@]2(C)C1=O. The van der Waals surface area contributed by atoms with Crippen molar-refractivity contribution < 1.29 is 14.3 Å². The summed E-state index contributed by atoms with van der Waals surface area (Å²) in [5, 5.41) is 0. The van der Waals surface area contributed by atoms with Crippen LogP contribution in [-0.2, 0) is 14.3 Å². The average Bonchev–Trinajstić information content (AvgIpc) is 2.78. The van der Waals surface area contributed by atoms with Crippen LogP contribution in [0.2, 0.25) is 0 Å². The minimum atomic E-state index is -0.479. The first kappa shape index (κ1) is 16.6. The van der Waals surface area contributed by atoms with Gasteiger partial charge in [-0.15, -0.1) is 0 Å². The number of esters is 1. The summed E-state index contributed by atoms with van der Waals surface area (Å²) in [6.07, 6.45) is 10.7. The Morgan fingerprint density at radius 1 is 1.04 bits per heavy atom. The Bertz CT molecular complexity index is 555. The fourth-order valence-corrected chi connectivity index (χ4v) is 7.36. The molecular formula is C21H32O3. The normalized spacial score (nSPS) is 50.6. The minimum Gasteiger partial charge on any atom is -0.455 e. The molecule has 0 heterocycles. The van der Waals surface area contributed by atoms with Crippen LogP contribution < -0.4 is 0 Å². The second kappa shape index (κ2) is 5.57. The highest BCUT2D eigenvalue weighted by Gasteiger charge is 2.62. The molecule has 0 radical (unpaired) electrons. The maximum Gasteiger partial charge on any atom is 0.303 e. The van der Waals surface area contributed by atoms with Crippen LogP contribution in [0.1, 0.15) is 78.6 Å². The maximum absolute atomic E-state index is 13.0. The maximum atomic E-state index is 13.0. The number of ether oxygens (including phenoxy) is 1. The van der Waals surface area contributed by atoms with Gasteiger partial charge in [-0.25, -0.2) is 0 Å². The standard InChI is InChI=1S/C21H32O3/c1-13(22)24-18-12-17-15-8-7-14-6-4-5-10-20(14,2)16(15)9-11-21(17,3)19(18)23/h14-18H,4-12H2,1-3H3/t14-,15-,16+,17-,18-,20+,21+/m1/s1. The number of hydrogen-bond acceptors (Lipinski definition) is 3. The number of fused-ring (bicyclic) bond motifs is 5. The van der Waals surface area contributed by atoms with Gasteiger partial charge in [0.25, 0.3) is 0 Å². The molecule has 0 aromatic carbocycles. The highest BCUT2D eigenvalue weighted by atomic mass is 16.5. The van der Waals surface area contributed by atoms with E-state index in [0.29, 0.717) is 17.3 Å². The van der Waals surface area contributed by atoms with Gasteiger partial charge in [-0.2, -0.15) is 0 Å². The summed E-state index contributed by atoms with van der Waals surface area (Å²) in [4.78, 5) is 24.4. The second-order valence-corrected chi connectivity index (χ2v) is 9.56. The van der Waals surface area contributed by atoms with Crippen molar-refractivity contribution in [2.75, 3.05) is 0 Å². The third-order valence-electron chi connectivity index (χ3n) is 8.60. The fraction of sp³-hybridized carbons (Fsp3) is 0.905. The first-order valence-corrected chi connectivity index (χ1v) is 10.1. The van der Waals surface area contributed by atoms with Crippen LogP contribution in [0.5, 0.6) is 0 Å². The van der Waals surface area contributed by atoms with E-state index < -0.39 is 6.10 Å². The average molecular weight is 332 g/mol. The number of carbonyl (C=O) groups excluding carboxylic acids is 2. The largest absolute Gasteiger partial charge is 0.455 e. The summed E-state index contributed by atoms with van der Waals surface area (Å²) >= 11 is 0. The molecule has 0 spiro atoms. The summed E-state index contributed by atoms with van der Waals surface area (Å²) in [7, 11) is 0. The highest BCUT2D eigenvalue weighted by molar-refractivity contribution is 5.92. The molecule has 0 unspecified atom stereocenters. The Labute approximate surface area is 145 Å². The van der Waals surface area contributed by atoms with Gasteiger partial charge in [0, 0.05) is 12.3 Å². The lowest BCUT2D eigenvalue weighted by atomic mass is 9.45. The Balaban J connectivity index is 1.62. The zero-order valence-electron chi connectivity index (χ0n) is 15.5. The van der Waals surface area contributed by atoms with Crippen molar-refractivity contribution in [1.29, 1.82) is 0 Å². The van der Waals surface area contributed by atoms with E-state index in [9.17, 15) is 9.59 Å². The van der Waals surface area contributed by atoms with Gasteiger partial charge >= 0.3 is 5.97 Å². The van der Waals surface area contributed by atoms with Crippen LogP contribution >= 0.6 is 0 Å². The Hall–Kier alpha value is -0.860. The Morgan fingerprint density at radius 3 is 2.58 bits per heavy atom. The third-order valence-corrected chi connectivity index (χ3v) is 8.60. The third kappa shape index (κ3) is 2.22. The molecule has 0 bridgehead atoms. The van der Waals surface area contributed by atoms with E-state index in [-0.39, 0.29) is 17.2 Å². The quantitative estimate of drug-likeness (QED) is 0.663. The van der Waals surface area contributed by atoms with E-state index in [0.717, 1.165) is 24.7 Å². The monoisotopic (exact) mass is 332 g/mol. The van der Waals surface area contributed by atoms with Gasteiger partial charge in [0.1, 0.15) is 0 Å². The van der Waals surface area contributed by atoms with Crippen LogP contribution in [0.15, 0.2) is 0 Å². The summed E-state index contributed by atoms with van der Waals surface area (Å²) in [6, 6.07) is 0. The van der Waals surface area contributed by atoms with Gasteiger partial charge in [-0.1, -0.05) is 26.7 Å². The van der Waals surface area contributed by atoms with Gasteiger partial charge in [0.05, 0.1) is 0 Å². The molecule has 0 N–H and O–H groups in total. The fourth-order valence-electron chi connectivity index (χ4n) is 7.36. The lowest BCUT2D eigenvalue weighted by Crippen LogP contribution is -2.52. The molecule has 4 aliphatic rings. The van der Waals surface area contributed by atoms with Crippen molar-refractivity contribution in [3.8, 4) is 0 Å². The van der Waals surface area contributed by atoms with Crippen molar-refractivity contribution in [1.82, 2.24) is 0 Å². The molecule has 24 heavy (non-hydrogen) atoms. The van der Waals surface area contributed by atoms with Gasteiger partial charge in [0.15, 0.2) is 11.9 Å². The first-order chi connectivity index (χ1) is 11.4. The van der Waals surface area contributed by atoms with Crippen molar-refractivity contribution in [3.05, 3.63) is 0 Å². The van der Waals surface area contributed by atoms with Crippen molar-refractivity contribution in [2.45, 2.75) is 84.7 Å². The summed E-state index contributed by atoms with van der Waals surface area (Å²) in [5.41, 5.74) is 0.240. The smallest absolute Gasteiger partial charge is 0.303 e. The molecular weight excluding hydrogens is 300 g/mol. The topological polar surface area (TPSA) is 43.4 Å². The number of rotatable bonds is 1. The number of hydrogen-bond donors (Lipinski definition) is 0. The van der Waals surface area contributed by atoms with Crippen molar-refractivity contribution >= 4 is 11.8 Å². The van der Waals surface area contributed by atoms with Gasteiger partial charge in [-0.05, 0) is 74.0 Å². The number of carbonyl (C=O) groups is 2. The van der Waals surface area contributed by atoms with E-state index in [1.807, 2.05) is 0 Å². The van der Waals surface area contributed by atoms with Gasteiger partial charge < -0.3 is 4.74 Å². The number of Topliss-reactive ketones (excluding diaryl/α,β-unsaturated/α-hetero) is 1. The Kier molecular flexibility index (Phi) is 3.85. The molecule has 4 saturated carbocycles. The molecule has 0 amide bonds. The zero-order chi connectivity index (χ0) is 17.1.